The quantitative estimate of drug-likeness (QED) is 0.811. The Labute approximate surface area is 92.2 Å². The van der Waals surface area contributed by atoms with Gasteiger partial charge >= 0.3 is 5.97 Å². The van der Waals surface area contributed by atoms with Crippen molar-refractivity contribution in [1.29, 1.82) is 0 Å². The molecular formula is C12H11NO3. The number of aliphatic carboxylic acids is 1. The lowest BCUT2D eigenvalue weighted by Crippen LogP contribution is -2.21. The van der Waals surface area contributed by atoms with Gasteiger partial charge in [-0.3, -0.25) is 4.98 Å². The Morgan fingerprint density at radius 1 is 1.38 bits per heavy atom. The number of carboxylic acid groups (broad SMARTS) is 1. The number of aliphatic hydroxyl groups is 1. The van der Waals surface area contributed by atoms with Crippen LogP contribution in [0.4, 0.5) is 0 Å². The van der Waals surface area contributed by atoms with Crippen molar-refractivity contribution in [2.45, 2.75) is 12.5 Å². The van der Waals surface area contributed by atoms with Crippen LogP contribution in [0, 0.1) is 0 Å². The highest BCUT2D eigenvalue weighted by molar-refractivity contribution is 5.79. The van der Waals surface area contributed by atoms with Crippen LogP contribution in [0.15, 0.2) is 36.5 Å². The van der Waals surface area contributed by atoms with Gasteiger partial charge in [0, 0.05) is 18.0 Å². The number of hydrogen-bond acceptors (Lipinski definition) is 3. The molecule has 1 aromatic heterocycles. The van der Waals surface area contributed by atoms with E-state index in [4.69, 9.17) is 5.11 Å². The van der Waals surface area contributed by atoms with Crippen LogP contribution in [-0.2, 0) is 11.2 Å². The number of nitrogens with zero attached hydrogens (tertiary/aromatic N) is 1. The zero-order valence-electron chi connectivity index (χ0n) is 8.50. The zero-order chi connectivity index (χ0) is 11.5. The first kappa shape index (κ1) is 10.6. The van der Waals surface area contributed by atoms with Gasteiger partial charge in [-0.2, -0.15) is 0 Å². The van der Waals surface area contributed by atoms with Crippen LogP contribution in [0.1, 0.15) is 5.56 Å². The molecule has 82 valence electrons. The molecule has 16 heavy (non-hydrogen) atoms. The lowest BCUT2D eigenvalue weighted by molar-refractivity contribution is -0.146. The first-order valence-corrected chi connectivity index (χ1v) is 4.91. The van der Waals surface area contributed by atoms with Crippen LogP contribution in [0.3, 0.4) is 0 Å². The maximum Gasteiger partial charge on any atom is 0.332 e. The van der Waals surface area contributed by atoms with Crippen LogP contribution < -0.4 is 0 Å². The Morgan fingerprint density at radius 3 is 2.88 bits per heavy atom. The summed E-state index contributed by atoms with van der Waals surface area (Å²) >= 11 is 0. The smallest absolute Gasteiger partial charge is 0.332 e. The van der Waals surface area contributed by atoms with Crippen molar-refractivity contribution >= 4 is 16.9 Å². The van der Waals surface area contributed by atoms with E-state index in [1.54, 1.807) is 6.20 Å². The fraction of sp³-hybridized carbons (Fsp3) is 0.167. The second-order valence-electron chi connectivity index (χ2n) is 3.59. The Morgan fingerprint density at radius 2 is 2.12 bits per heavy atom. The molecule has 1 heterocycles. The predicted octanol–water partition coefficient (Wildman–Crippen LogP) is 1.22. The van der Waals surface area contributed by atoms with Crippen LogP contribution >= 0.6 is 0 Å². The van der Waals surface area contributed by atoms with E-state index in [9.17, 15) is 9.90 Å². The summed E-state index contributed by atoms with van der Waals surface area (Å²) < 4.78 is 0. The summed E-state index contributed by atoms with van der Waals surface area (Å²) in [6.45, 7) is 0. The van der Waals surface area contributed by atoms with E-state index in [1.165, 1.54) is 0 Å². The zero-order valence-corrected chi connectivity index (χ0v) is 8.50. The third kappa shape index (κ3) is 2.17. The summed E-state index contributed by atoms with van der Waals surface area (Å²) in [6.07, 6.45) is 0.296. The van der Waals surface area contributed by atoms with E-state index in [0.29, 0.717) is 5.56 Å². The molecule has 2 aromatic rings. The van der Waals surface area contributed by atoms with E-state index in [1.807, 2.05) is 30.3 Å². The number of pyridine rings is 1. The van der Waals surface area contributed by atoms with Crippen LogP contribution in [-0.4, -0.2) is 27.3 Å². The van der Waals surface area contributed by atoms with Crippen LogP contribution in [0.5, 0.6) is 0 Å². The van der Waals surface area contributed by atoms with Crippen LogP contribution in [0.2, 0.25) is 0 Å². The van der Waals surface area contributed by atoms with E-state index < -0.39 is 12.1 Å². The minimum atomic E-state index is -1.37. The minimum absolute atomic E-state index is 0.0766. The van der Waals surface area contributed by atoms with Crippen molar-refractivity contribution in [2.75, 3.05) is 0 Å². The van der Waals surface area contributed by atoms with Crippen molar-refractivity contribution < 1.29 is 15.0 Å². The van der Waals surface area contributed by atoms with Crippen molar-refractivity contribution in [2.24, 2.45) is 0 Å². The molecule has 0 bridgehead atoms. The third-order valence-corrected chi connectivity index (χ3v) is 2.36. The normalized spacial score (nSPS) is 12.6. The van der Waals surface area contributed by atoms with E-state index >= 15 is 0 Å². The Balaban J connectivity index is 2.29. The second-order valence-corrected chi connectivity index (χ2v) is 3.59. The molecule has 0 aliphatic rings. The van der Waals surface area contributed by atoms with Gasteiger partial charge in [0.1, 0.15) is 0 Å². The van der Waals surface area contributed by atoms with E-state index in [2.05, 4.69) is 4.98 Å². The topological polar surface area (TPSA) is 70.4 Å². The number of benzene rings is 1. The van der Waals surface area contributed by atoms with Crippen molar-refractivity contribution in [1.82, 2.24) is 4.98 Å². The molecule has 4 heteroatoms. The van der Waals surface area contributed by atoms with Gasteiger partial charge in [0.25, 0.3) is 0 Å². The van der Waals surface area contributed by atoms with Crippen LogP contribution in [0.25, 0.3) is 10.9 Å². The van der Waals surface area contributed by atoms with Crippen molar-refractivity contribution in [3.8, 4) is 0 Å². The molecule has 0 radical (unpaired) electrons. The largest absolute Gasteiger partial charge is 0.479 e. The molecule has 0 saturated carbocycles. The highest BCUT2D eigenvalue weighted by Gasteiger charge is 2.13. The SMILES string of the molecule is O=C(O)C(O)Cc1cnc2ccccc2c1. The molecule has 4 nitrogen and oxygen atoms in total. The first-order valence-electron chi connectivity index (χ1n) is 4.91. The molecule has 2 rings (SSSR count). The summed E-state index contributed by atoms with van der Waals surface area (Å²) in [6, 6.07) is 9.41. The van der Waals surface area contributed by atoms with Gasteiger partial charge in [-0.25, -0.2) is 4.79 Å². The average Bonchev–Trinajstić information content (AvgIpc) is 2.28. The van der Waals surface area contributed by atoms with Gasteiger partial charge < -0.3 is 10.2 Å². The maximum atomic E-state index is 10.5. The molecular weight excluding hydrogens is 206 g/mol. The van der Waals surface area contributed by atoms with Crippen molar-refractivity contribution in [3.63, 3.8) is 0 Å². The average molecular weight is 217 g/mol. The molecule has 1 aromatic carbocycles. The number of rotatable bonds is 3. The number of aromatic nitrogens is 1. The molecule has 0 aliphatic heterocycles. The molecule has 0 saturated heterocycles. The standard InChI is InChI=1S/C12H11NO3/c14-11(12(15)16)6-8-5-9-3-1-2-4-10(9)13-7-8/h1-5,7,11,14H,6H2,(H,15,16). The fourth-order valence-electron chi connectivity index (χ4n) is 1.54. The summed E-state index contributed by atoms with van der Waals surface area (Å²) in [5.41, 5.74) is 1.57. The Hall–Kier alpha value is -1.94. The molecule has 0 fully saturated rings. The molecule has 1 atom stereocenters. The lowest BCUT2D eigenvalue weighted by Gasteiger charge is -2.05. The number of para-hydroxylation sites is 1. The number of carboxylic acids is 1. The highest BCUT2D eigenvalue weighted by atomic mass is 16.4. The summed E-state index contributed by atoms with van der Waals surface area (Å²) in [5, 5.41) is 18.8. The predicted molar refractivity (Wildman–Crippen MR) is 59.1 cm³/mol. The van der Waals surface area contributed by atoms with E-state index in [0.717, 1.165) is 10.9 Å². The third-order valence-electron chi connectivity index (χ3n) is 2.36. The Kier molecular flexibility index (Phi) is 2.83. The maximum absolute atomic E-state index is 10.5. The molecule has 2 N–H and O–H groups in total. The highest BCUT2D eigenvalue weighted by Crippen LogP contribution is 2.13. The van der Waals surface area contributed by atoms with Gasteiger partial charge in [-0.05, 0) is 17.7 Å². The number of hydrogen-bond donors (Lipinski definition) is 2. The molecule has 0 spiro atoms. The first-order chi connectivity index (χ1) is 7.66. The summed E-state index contributed by atoms with van der Waals surface area (Å²) in [4.78, 5) is 14.7. The van der Waals surface area contributed by atoms with Gasteiger partial charge in [0.2, 0.25) is 0 Å². The van der Waals surface area contributed by atoms with Crippen molar-refractivity contribution in [3.05, 3.63) is 42.1 Å². The summed E-state index contributed by atoms with van der Waals surface area (Å²) in [5.74, 6) is -1.21. The molecule has 0 amide bonds. The molecule has 0 aliphatic carbocycles. The summed E-state index contributed by atoms with van der Waals surface area (Å²) in [7, 11) is 0. The van der Waals surface area contributed by atoms with E-state index in [-0.39, 0.29) is 6.42 Å². The minimum Gasteiger partial charge on any atom is -0.479 e. The Bertz CT molecular complexity index is 524. The monoisotopic (exact) mass is 217 g/mol. The number of fused-ring (bicyclic) bond motifs is 1. The molecule has 1 unspecified atom stereocenters. The lowest BCUT2D eigenvalue weighted by atomic mass is 10.1. The fourth-order valence-corrected chi connectivity index (χ4v) is 1.54. The number of carbonyl (C=O) groups is 1. The van der Waals surface area contributed by atoms with Gasteiger partial charge in [-0.15, -0.1) is 0 Å². The van der Waals surface area contributed by atoms with Gasteiger partial charge in [0.15, 0.2) is 6.10 Å². The second kappa shape index (κ2) is 4.28. The van der Waals surface area contributed by atoms with Gasteiger partial charge in [-0.1, -0.05) is 18.2 Å². The van der Waals surface area contributed by atoms with Gasteiger partial charge in [0.05, 0.1) is 5.52 Å². The number of aliphatic hydroxyl groups excluding tert-OH is 1.